The molecule has 0 saturated carbocycles. The first kappa shape index (κ1) is 14.3. The third-order valence-electron chi connectivity index (χ3n) is 2.26. The van der Waals surface area contributed by atoms with E-state index in [0.29, 0.717) is 30.3 Å². The van der Waals surface area contributed by atoms with Crippen LogP contribution < -0.4 is 9.47 Å². The lowest BCUT2D eigenvalue weighted by Crippen LogP contribution is -2.13. The molecule has 0 saturated heterocycles. The van der Waals surface area contributed by atoms with Crippen molar-refractivity contribution >= 4 is 5.97 Å². The summed E-state index contributed by atoms with van der Waals surface area (Å²) in [6, 6.07) is 4.89. The maximum atomic E-state index is 11.3. The molecule has 100 valence electrons. The number of rotatable bonds is 6. The molecule has 0 fully saturated rings. The standard InChI is InChI=1S/C13H18O5/c1-4-17-10-6-9(12(14)13(15)16-3)7-11(8-10)18-5-2/h6-8,12,14H,4-5H2,1-3H3. The van der Waals surface area contributed by atoms with E-state index in [4.69, 9.17) is 9.47 Å². The highest BCUT2D eigenvalue weighted by atomic mass is 16.5. The Labute approximate surface area is 106 Å². The second-order valence-electron chi connectivity index (χ2n) is 3.53. The van der Waals surface area contributed by atoms with Crippen LogP contribution in [0.25, 0.3) is 0 Å². The Balaban J connectivity index is 3.05. The highest BCUT2D eigenvalue weighted by Crippen LogP contribution is 2.27. The van der Waals surface area contributed by atoms with Crippen molar-refractivity contribution in [3.8, 4) is 11.5 Å². The zero-order valence-electron chi connectivity index (χ0n) is 10.8. The van der Waals surface area contributed by atoms with Gasteiger partial charge in [0.25, 0.3) is 0 Å². The van der Waals surface area contributed by atoms with Crippen molar-refractivity contribution in [3.63, 3.8) is 0 Å². The quantitative estimate of drug-likeness (QED) is 0.782. The lowest BCUT2D eigenvalue weighted by molar-refractivity contribution is -0.150. The van der Waals surface area contributed by atoms with Crippen LogP contribution in [0.1, 0.15) is 25.5 Å². The van der Waals surface area contributed by atoms with E-state index in [1.54, 1.807) is 18.2 Å². The molecule has 5 nitrogen and oxygen atoms in total. The summed E-state index contributed by atoms with van der Waals surface area (Å²) in [7, 11) is 1.22. The predicted octanol–water partition coefficient (Wildman–Crippen LogP) is 1.69. The molecule has 1 atom stereocenters. The summed E-state index contributed by atoms with van der Waals surface area (Å²) in [4.78, 5) is 11.3. The number of carbonyl (C=O) groups excluding carboxylic acids is 1. The molecular weight excluding hydrogens is 236 g/mol. The predicted molar refractivity (Wildman–Crippen MR) is 65.8 cm³/mol. The Morgan fingerprint density at radius 2 is 1.67 bits per heavy atom. The molecule has 1 aromatic rings. The number of aliphatic hydroxyl groups is 1. The van der Waals surface area contributed by atoms with Crippen LogP contribution in [-0.2, 0) is 9.53 Å². The Morgan fingerprint density at radius 1 is 1.17 bits per heavy atom. The van der Waals surface area contributed by atoms with Crippen molar-refractivity contribution in [2.45, 2.75) is 20.0 Å². The average Bonchev–Trinajstić information content (AvgIpc) is 2.37. The third kappa shape index (κ3) is 3.63. The van der Waals surface area contributed by atoms with Gasteiger partial charge in [-0.2, -0.15) is 0 Å². The van der Waals surface area contributed by atoms with Crippen molar-refractivity contribution in [1.82, 2.24) is 0 Å². The zero-order chi connectivity index (χ0) is 13.5. The van der Waals surface area contributed by atoms with Crippen molar-refractivity contribution in [1.29, 1.82) is 0 Å². The topological polar surface area (TPSA) is 65.0 Å². The van der Waals surface area contributed by atoms with Gasteiger partial charge in [-0.15, -0.1) is 0 Å². The summed E-state index contributed by atoms with van der Waals surface area (Å²) in [6.07, 6.45) is -1.34. The van der Waals surface area contributed by atoms with E-state index in [9.17, 15) is 9.90 Å². The maximum Gasteiger partial charge on any atom is 0.339 e. The minimum Gasteiger partial charge on any atom is -0.494 e. The van der Waals surface area contributed by atoms with Gasteiger partial charge in [0.05, 0.1) is 20.3 Å². The number of ether oxygens (including phenoxy) is 3. The van der Waals surface area contributed by atoms with Crippen LogP contribution in [-0.4, -0.2) is 31.4 Å². The number of methoxy groups -OCH3 is 1. The van der Waals surface area contributed by atoms with Gasteiger partial charge in [-0.05, 0) is 31.5 Å². The Kier molecular flexibility index (Phi) is 5.45. The van der Waals surface area contributed by atoms with E-state index < -0.39 is 12.1 Å². The number of carbonyl (C=O) groups is 1. The molecule has 18 heavy (non-hydrogen) atoms. The molecule has 0 radical (unpaired) electrons. The van der Waals surface area contributed by atoms with E-state index in [0.717, 1.165) is 0 Å². The monoisotopic (exact) mass is 254 g/mol. The van der Waals surface area contributed by atoms with Crippen LogP contribution >= 0.6 is 0 Å². The third-order valence-corrected chi connectivity index (χ3v) is 2.26. The van der Waals surface area contributed by atoms with Gasteiger partial charge in [0, 0.05) is 6.07 Å². The minimum absolute atomic E-state index is 0.385. The van der Waals surface area contributed by atoms with Crippen LogP contribution in [0.3, 0.4) is 0 Å². The van der Waals surface area contributed by atoms with Gasteiger partial charge in [-0.1, -0.05) is 0 Å². The molecule has 0 heterocycles. The summed E-state index contributed by atoms with van der Waals surface area (Å²) in [5, 5.41) is 9.79. The molecule has 0 aliphatic rings. The van der Waals surface area contributed by atoms with Gasteiger partial charge in [0.1, 0.15) is 11.5 Å². The highest BCUT2D eigenvalue weighted by molar-refractivity contribution is 5.76. The fourth-order valence-corrected chi connectivity index (χ4v) is 1.50. The first-order valence-corrected chi connectivity index (χ1v) is 5.78. The molecule has 0 aliphatic heterocycles. The van der Waals surface area contributed by atoms with Crippen molar-refractivity contribution in [2.75, 3.05) is 20.3 Å². The van der Waals surface area contributed by atoms with Gasteiger partial charge in [-0.25, -0.2) is 4.79 Å². The molecule has 0 spiro atoms. The molecule has 5 heteroatoms. The van der Waals surface area contributed by atoms with Crippen molar-refractivity contribution in [2.24, 2.45) is 0 Å². The second-order valence-corrected chi connectivity index (χ2v) is 3.53. The number of benzene rings is 1. The number of aliphatic hydroxyl groups excluding tert-OH is 1. The first-order valence-electron chi connectivity index (χ1n) is 5.78. The molecule has 0 bridgehead atoms. The highest BCUT2D eigenvalue weighted by Gasteiger charge is 2.19. The Morgan fingerprint density at radius 3 is 2.06 bits per heavy atom. The molecule has 0 amide bonds. The maximum absolute atomic E-state index is 11.3. The van der Waals surface area contributed by atoms with Crippen molar-refractivity contribution in [3.05, 3.63) is 23.8 Å². The fraction of sp³-hybridized carbons (Fsp3) is 0.462. The first-order chi connectivity index (χ1) is 8.62. The van der Waals surface area contributed by atoms with E-state index in [1.807, 2.05) is 13.8 Å². The van der Waals surface area contributed by atoms with E-state index in [2.05, 4.69) is 4.74 Å². The number of esters is 1. The molecule has 1 aromatic carbocycles. The largest absolute Gasteiger partial charge is 0.494 e. The molecular formula is C13H18O5. The fourth-order valence-electron chi connectivity index (χ4n) is 1.50. The second kappa shape index (κ2) is 6.86. The molecule has 0 aromatic heterocycles. The minimum atomic E-state index is -1.34. The average molecular weight is 254 g/mol. The summed E-state index contributed by atoms with van der Waals surface area (Å²) in [5.74, 6) is 0.369. The van der Waals surface area contributed by atoms with Gasteiger partial charge in [0.15, 0.2) is 6.10 Å². The van der Waals surface area contributed by atoms with Crippen LogP contribution in [0, 0.1) is 0 Å². The zero-order valence-corrected chi connectivity index (χ0v) is 10.8. The molecule has 0 aliphatic carbocycles. The van der Waals surface area contributed by atoms with Gasteiger partial charge < -0.3 is 19.3 Å². The lowest BCUT2D eigenvalue weighted by Gasteiger charge is -2.13. The van der Waals surface area contributed by atoms with Gasteiger partial charge in [-0.3, -0.25) is 0 Å². The molecule has 1 rings (SSSR count). The smallest absolute Gasteiger partial charge is 0.339 e. The van der Waals surface area contributed by atoms with Crippen LogP contribution in [0.5, 0.6) is 11.5 Å². The SMILES string of the molecule is CCOc1cc(OCC)cc(C(O)C(=O)OC)c1. The van der Waals surface area contributed by atoms with Crippen LogP contribution in [0.2, 0.25) is 0 Å². The summed E-state index contributed by atoms with van der Waals surface area (Å²) in [5.41, 5.74) is 0.385. The number of hydrogen-bond acceptors (Lipinski definition) is 5. The van der Waals surface area contributed by atoms with Crippen molar-refractivity contribution < 1.29 is 24.1 Å². The Hall–Kier alpha value is -1.75. The van der Waals surface area contributed by atoms with Crippen LogP contribution in [0.15, 0.2) is 18.2 Å². The summed E-state index contributed by atoms with van der Waals surface area (Å²) >= 11 is 0. The summed E-state index contributed by atoms with van der Waals surface area (Å²) in [6.45, 7) is 4.68. The summed E-state index contributed by atoms with van der Waals surface area (Å²) < 4.78 is 15.2. The van der Waals surface area contributed by atoms with Gasteiger partial charge >= 0.3 is 5.97 Å². The lowest BCUT2D eigenvalue weighted by atomic mass is 10.1. The van der Waals surface area contributed by atoms with E-state index >= 15 is 0 Å². The van der Waals surface area contributed by atoms with Crippen LogP contribution in [0.4, 0.5) is 0 Å². The normalized spacial score (nSPS) is 11.8. The molecule has 1 N–H and O–H groups in total. The van der Waals surface area contributed by atoms with Gasteiger partial charge in [0.2, 0.25) is 0 Å². The number of hydrogen-bond donors (Lipinski definition) is 1. The van der Waals surface area contributed by atoms with E-state index in [1.165, 1.54) is 7.11 Å². The van der Waals surface area contributed by atoms with E-state index in [-0.39, 0.29) is 0 Å². The Bertz CT molecular complexity index is 378. The molecule has 1 unspecified atom stereocenters.